The van der Waals surface area contributed by atoms with Crippen LogP contribution in [0.2, 0.25) is 0 Å². The molecule has 0 aliphatic heterocycles. The second-order valence-corrected chi connectivity index (χ2v) is 12.8. The van der Waals surface area contributed by atoms with E-state index >= 15 is 0 Å². The summed E-state index contributed by atoms with van der Waals surface area (Å²) in [6.45, 7) is 0. The Morgan fingerprint density at radius 1 is 0.420 bits per heavy atom. The van der Waals surface area contributed by atoms with Gasteiger partial charge >= 0.3 is 0 Å². The number of nitrogens with zero attached hydrogens (tertiary/aromatic N) is 2. The molecule has 0 N–H and O–H groups in total. The normalized spacial score (nSPS) is 11.6. The summed E-state index contributed by atoms with van der Waals surface area (Å²) < 4.78 is 6.74. The van der Waals surface area contributed by atoms with Gasteiger partial charge in [-0.3, -0.25) is 4.98 Å². The molecule has 10 rings (SSSR count). The third-order valence-electron chi connectivity index (χ3n) is 9.90. The van der Waals surface area contributed by atoms with Crippen molar-refractivity contribution in [2.24, 2.45) is 0 Å². The van der Waals surface area contributed by atoms with Crippen molar-refractivity contribution >= 4 is 71.3 Å². The van der Waals surface area contributed by atoms with Crippen molar-refractivity contribution in [2.75, 3.05) is 4.90 Å². The molecule has 3 heteroatoms. The third-order valence-corrected chi connectivity index (χ3v) is 9.90. The standard InChI is InChI=1S/C47H30N2O/c1-2-11-34-27-36(20-19-31(34)9-1)35-14-7-15-39(28-35)49(38-23-21-33(22-24-38)41-18-8-13-32-10-3-5-16-40(32)41)46-42-17-6-4-12-37(42)29-43-44-30-48-26-25-45(44)50-47(43)46/h1-30H. The summed E-state index contributed by atoms with van der Waals surface area (Å²) >= 11 is 0. The van der Waals surface area contributed by atoms with Crippen LogP contribution in [-0.4, -0.2) is 4.98 Å². The van der Waals surface area contributed by atoms with Crippen LogP contribution in [0.3, 0.4) is 0 Å². The van der Waals surface area contributed by atoms with Gasteiger partial charge in [0.2, 0.25) is 0 Å². The highest BCUT2D eigenvalue weighted by Gasteiger charge is 2.23. The van der Waals surface area contributed by atoms with E-state index in [2.05, 4.69) is 174 Å². The van der Waals surface area contributed by atoms with Crippen molar-refractivity contribution in [1.82, 2.24) is 4.98 Å². The molecule has 2 heterocycles. The zero-order valence-corrected chi connectivity index (χ0v) is 27.1. The van der Waals surface area contributed by atoms with Gasteiger partial charge in [-0.05, 0) is 91.6 Å². The average Bonchev–Trinajstić information content (AvgIpc) is 3.56. The molecule has 0 amide bonds. The van der Waals surface area contributed by atoms with E-state index in [1.807, 2.05) is 12.3 Å². The summed E-state index contributed by atoms with van der Waals surface area (Å²) in [7, 11) is 0. The molecule has 234 valence electrons. The molecular weight excluding hydrogens is 609 g/mol. The number of benzene rings is 8. The summed E-state index contributed by atoms with van der Waals surface area (Å²) in [6, 6.07) is 60.9. The van der Waals surface area contributed by atoms with Crippen LogP contribution in [0.4, 0.5) is 17.1 Å². The smallest absolute Gasteiger partial charge is 0.160 e. The van der Waals surface area contributed by atoms with Gasteiger partial charge in [-0.2, -0.15) is 0 Å². The maximum Gasteiger partial charge on any atom is 0.160 e. The average molecular weight is 639 g/mol. The zero-order valence-electron chi connectivity index (χ0n) is 27.1. The molecule has 3 nitrogen and oxygen atoms in total. The fourth-order valence-corrected chi connectivity index (χ4v) is 7.49. The first-order valence-corrected chi connectivity index (χ1v) is 16.9. The van der Waals surface area contributed by atoms with Gasteiger partial charge in [0, 0.05) is 39.9 Å². The van der Waals surface area contributed by atoms with Crippen LogP contribution in [0, 0.1) is 0 Å². The second kappa shape index (κ2) is 11.5. The van der Waals surface area contributed by atoms with Crippen LogP contribution < -0.4 is 4.90 Å². The van der Waals surface area contributed by atoms with Gasteiger partial charge in [-0.15, -0.1) is 0 Å². The van der Waals surface area contributed by atoms with Gasteiger partial charge < -0.3 is 9.32 Å². The molecule has 10 aromatic rings. The first-order valence-electron chi connectivity index (χ1n) is 16.9. The van der Waals surface area contributed by atoms with Gasteiger partial charge in [-0.1, -0.05) is 127 Å². The van der Waals surface area contributed by atoms with Crippen LogP contribution in [0.5, 0.6) is 0 Å². The predicted octanol–water partition coefficient (Wildman–Crippen LogP) is 13.2. The number of pyridine rings is 1. The molecule has 0 atom stereocenters. The Balaban J connectivity index is 1.22. The van der Waals surface area contributed by atoms with Crippen molar-refractivity contribution in [3.63, 3.8) is 0 Å². The number of hydrogen-bond acceptors (Lipinski definition) is 3. The van der Waals surface area contributed by atoms with Gasteiger partial charge in [0.05, 0.1) is 5.69 Å². The molecule has 0 bridgehead atoms. The van der Waals surface area contributed by atoms with E-state index in [-0.39, 0.29) is 0 Å². The van der Waals surface area contributed by atoms with E-state index in [0.717, 1.165) is 55.3 Å². The third kappa shape index (κ3) is 4.63. The number of furan rings is 1. The van der Waals surface area contributed by atoms with Crippen LogP contribution in [0.15, 0.2) is 187 Å². The highest BCUT2D eigenvalue weighted by molar-refractivity contribution is 6.19. The molecule has 8 aromatic carbocycles. The quantitative estimate of drug-likeness (QED) is 0.188. The molecule has 0 spiro atoms. The molecule has 0 unspecified atom stereocenters. The first-order chi connectivity index (χ1) is 24.8. The molecule has 0 saturated carbocycles. The summed E-state index contributed by atoms with van der Waals surface area (Å²) in [5, 5.41) is 9.25. The van der Waals surface area contributed by atoms with Crippen LogP contribution in [0.25, 0.3) is 76.5 Å². The SMILES string of the molecule is c1cc(-c2ccc3ccccc3c2)cc(N(c2ccc(-c3cccc4ccccc34)cc2)c2c3ccccc3cc3c2oc2ccncc23)c1. The summed E-state index contributed by atoms with van der Waals surface area (Å²) in [4.78, 5) is 6.82. The second-order valence-electron chi connectivity index (χ2n) is 12.8. The minimum Gasteiger partial charge on any atom is -0.454 e. The van der Waals surface area contributed by atoms with Gasteiger partial charge in [0.15, 0.2) is 5.58 Å². The Labute approximate surface area is 289 Å². The minimum atomic E-state index is 0.822. The van der Waals surface area contributed by atoms with E-state index in [4.69, 9.17) is 4.42 Å². The maximum absolute atomic E-state index is 6.74. The van der Waals surface area contributed by atoms with E-state index in [1.165, 1.54) is 38.2 Å². The van der Waals surface area contributed by atoms with Crippen molar-refractivity contribution in [2.45, 2.75) is 0 Å². The number of hydrogen-bond donors (Lipinski definition) is 0. The Hall–Kier alpha value is -6.71. The molecule has 0 saturated heterocycles. The van der Waals surface area contributed by atoms with Crippen molar-refractivity contribution in [1.29, 1.82) is 0 Å². The Morgan fingerprint density at radius 3 is 2.00 bits per heavy atom. The van der Waals surface area contributed by atoms with Crippen LogP contribution in [-0.2, 0) is 0 Å². The number of fused-ring (bicyclic) bond motifs is 6. The summed E-state index contributed by atoms with van der Waals surface area (Å²) in [5.41, 5.74) is 9.47. The van der Waals surface area contributed by atoms with E-state index < -0.39 is 0 Å². The number of rotatable bonds is 5. The Bertz CT molecular complexity index is 2880. The predicted molar refractivity (Wildman–Crippen MR) is 210 cm³/mol. The van der Waals surface area contributed by atoms with Gasteiger partial charge in [-0.25, -0.2) is 0 Å². The van der Waals surface area contributed by atoms with Crippen LogP contribution >= 0.6 is 0 Å². The number of anilines is 3. The number of aromatic nitrogens is 1. The molecule has 50 heavy (non-hydrogen) atoms. The van der Waals surface area contributed by atoms with Crippen molar-refractivity contribution < 1.29 is 4.42 Å². The highest BCUT2D eigenvalue weighted by atomic mass is 16.3. The fourth-order valence-electron chi connectivity index (χ4n) is 7.49. The van der Waals surface area contributed by atoms with Crippen molar-refractivity contribution in [3.8, 4) is 22.3 Å². The molecular formula is C47H30N2O. The molecule has 2 aromatic heterocycles. The maximum atomic E-state index is 6.74. The summed E-state index contributed by atoms with van der Waals surface area (Å²) in [5.74, 6) is 0. The minimum absolute atomic E-state index is 0.822. The lowest BCUT2D eigenvalue weighted by atomic mass is 9.97. The van der Waals surface area contributed by atoms with E-state index in [9.17, 15) is 0 Å². The summed E-state index contributed by atoms with van der Waals surface area (Å²) in [6.07, 6.45) is 3.70. The lowest BCUT2D eigenvalue weighted by Gasteiger charge is -2.28. The topological polar surface area (TPSA) is 29.3 Å². The lowest BCUT2D eigenvalue weighted by Crippen LogP contribution is -2.11. The molecule has 0 aliphatic rings. The van der Waals surface area contributed by atoms with E-state index in [0.29, 0.717) is 0 Å². The van der Waals surface area contributed by atoms with Crippen molar-refractivity contribution in [3.05, 3.63) is 182 Å². The Kier molecular flexibility index (Phi) is 6.49. The van der Waals surface area contributed by atoms with Gasteiger partial charge in [0.25, 0.3) is 0 Å². The highest BCUT2D eigenvalue weighted by Crippen LogP contribution is 2.47. The Morgan fingerprint density at radius 2 is 1.12 bits per heavy atom. The largest absolute Gasteiger partial charge is 0.454 e. The molecule has 0 radical (unpaired) electrons. The zero-order chi connectivity index (χ0) is 33.0. The van der Waals surface area contributed by atoms with Gasteiger partial charge in [0.1, 0.15) is 5.58 Å². The lowest BCUT2D eigenvalue weighted by molar-refractivity contribution is 0.669. The molecule has 0 fully saturated rings. The van der Waals surface area contributed by atoms with Crippen LogP contribution in [0.1, 0.15) is 0 Å². The fraction of sp³-hybridized carbons (Fsp3) is 0. The molecule has 0 aliphatic carbocycles. The first kappa shape index (κ1) is 28.3. The van der Waals surface area contributed by atoms with E-state index in [1.54, 1.807) is 6.20 Å². The monoisotopic (exact) mass is 638 g/mol.